The zero-order valence-electron chi connectivity index (χ0n) is 11.3. The maximum atomic E-state index is 12.4. The number of thiophene rings is 1. The number of sulfonamides is 1. The number of amides is 1. The van der Waals surface area contributed by atoms with E-state index < -0.39 is 16.1 Å². The summed E-state index contributed by atoms with van der Waals surface area (Å²) in [6.45, 7) is 2.41. The van der Waals surface area contributed by atoms with E-state index in [4.69, 9.17) is 0 Å². The summed E-state index contributed by atoms with van der Waals surface area (Å²) in [5, 5.41) is 1.71. The van der Waals surface area contributed by atoms with Crippen molar-refractivity contribution in [1.29, 1.82) is 0 Å². The molecule has 110 valence electrons. The number of nitrogens with one attached hydrogen (secondary N) is 1. The first kappa shape index (κ1) is 14.0. The highest BCUT2D eigenvalue weighted by Crippen LogP contribution is 2.37. The second kappa shape index (κ2) is 5.13. The van der Waals surface area contributed by atoms with Crippen molar-refractivity contribution >= 4 is 27.3 Å². The van der Waals surface area contributed by atoms with E-state index in [1.807, 2.05) is 4.90 Å². The second-order valence-corrected chi connectivity index (χ2v) is 8.49. The Morgan fingerprint density at radius 1 is 1.50 bits per heavy atom. The number of hydrogen-bond donors (Lipinski definition) is 1. The molecule has 1 N–H and O–H groups in total. The lowest BCUT2D eigenvalue weighted by Crippen LogP contribution is -2.49. The van der Waals surface area contributed by atoms with E-state index >= 15 is 0 Å². The quantitative estimate of drug-likeness (QED) is 0.914. The molecule has 2 heterocycles. The third kappa shape index (κ3) is 2.49. The number of piperidine rings is 1. The van der Waals surface area contributed by atoms with Crippen LogP contribution >= 0.6 is 11.3 Å². The van der Waals surface area contributed by atoms with Crippen molar-refractivity contribution in [3.05, 3.63) is 17.5 Å². The Hall–Kier alpha value is -0.920. The molecule has 7 heteroatoms. The molecule has 3 unspecified atom stereocenters. The molecule has 5 nitrogen and oxygen atoms in total. The minimum atomic E-state index is -3.58. The molecule has 1 aromatic heterocycles. The summed E-state index contributed by atoms with van der Waals surface area (Å²) in [4.78, 5) is 14.2. The molecule has 20 heavy (non-hydrogen) atoms. The molecule has 1 aromatic rings. The van der Waals surface area contributed by atoms with Crippen molar-refractivity contribution < 1.29 is 13.2 Å². The van der Waals surface area contributed by atoms with E-state index in [1.165, 1.54) is 6.42 Å². The molecule has 2 aliphatic rings. The summed E-state index contributed by atoms with van der Waals surface area (Å²) < 4.78 is 27.0. The van der Waals surface area contributed by atoms with Crippen LogP contribution in [-0.2, 0) is 14.8 Å². The van der Waals surface area contributed by atoms with Crippen molar-refractivity contribution in [2.24, 2.45) is 5.92 Å². The van der Waals surface area contributed by atoms with Crippen LogP contribution in [-0.4, -0.2) is 37.9 Å². The molecule has 0 radical (unpaired) electrons. The summed E-state index contributed by atoms with van der Waals surface area (Å²) >= 11 is 1.15. The number of nitrogens with zero attached hydrogens (tertiary/aromatic N) is 1. The van der Waals surface area contributed by atoms with Crippen LogP contribution in [0.15, 0.2) is 21.7 Å². The SMILES string of the molecule is CC(NS(=O)(=O)c1cccs1)C(=O)N1CC2CCC1C2. The molecule has 1 amide bonds. The molecule has 0 spiro atoms. The molecule has 3 rings (SSSR count). The van der Waals surface area contributed by atoms with Gasteiger partial charge in [-0.1, -0.05) is 6.07 Å². The predicted octanol–water partition coefficient (Wildman–Crippen LogP) is 1.43. The van der Waals surface area contributed by atoms with Gasteiger partial charge in [0, 0.05) is 12.6 Å². The van der Waals surface area contributed by atoms with E-state index in [0.29, 0.717) is 12.0 Å². The van der Waals surface area contributed by atoms with E-state index in [2.05, 4.69) is 4.72 Å². The minimum Gasteiger partial charge on any atom is -0.338 e. The largest absolute Gasteiger partial charge is 0.338 e. The van der Waals surface area contributed by atoms with Crippen molar-refractivity contribution in [3.63, 3.8) is 0 Å². The summed E-state index contributed by atoms with van der Waals surface area (Å²) in [6, 6.07) is 2.84. The van der Waals surface area contributed by atoms with Gasteiger partial charge in [-0.15, -0.1) is 11.3 Å². The monoisotopic (exact) mass is 314 g/mol. The Morgan fingerprint density at radius 2 is 2.30 bits per heavy atom. The Morgan fingerprint density at radius 3 is 2.85 bits per heavy atom. The average Bonchev–Trinajstić information content (AvgIpc) is 3.13. The number of carbonyl (C=O) groups excluding carboxylic acids is 1. The van der Waals surface area contributed by atoms with Crippen LogP contribution in [0.2, 0.25) is 0 Å². The number of fused-ring (bicyclic) bond motifs is 2. The number of carbonyl (C=O) groups is 1. The van der Waals surface area contributed by atoms with Crippen LogP contribution in [0.3, 0.4) is 0 Å². The maximum absolute atomic E-state index is 12.4. The third-order valence-electron chi connectivity index (χ3n) is 4.15. The van der Waals surface area contributed by atoms with Gasteiger partial charge >= 0.3 is 0 Å². The smallest absolute Gasteiger partial charge is 0.250 e. The topological polar surface area (TPSA) is 66.5 Å². The lowest BCUT2D eigenvalue weighted by Gasteiger charge is -2.29. The fourth-order valence-electron chi connectivity index (χ4n) is 3.20. The predicted molar refractivity (Wildman–Crippen MR) is 76.9 cm³/mol. The fraction of sp³-hybridized carbons (Fsp3) is 0.615. The molecule has 2 bridgehead atoms. The van der Waals surface area contributed by atoms with Gasteiger partial charge in [-0.3, -0.25) is 4.79 Å². The molecule has 1 aliphatic carbocycles. The molecule has 1 saturated carbocycles. The van der Waals surface area contributed by atoms with E-state index in [9.17, 15) is 13.2 Å². The van der Waals surface area contributed by atoms with Crippen LogP contribution in [0.4, 0.5) is 0 Å². The Balaban J connectivity index is 1.67. The number of likely N-dealkylation sites (tertiary alicyclic amines) is 1. The zero-order chi connectivity index (χ0) is 14.3. The van der Waals surface area contributed by atoms with Crippen LogP contribution in [0, 0.1) is 5.92 Å². The van der Waals surface area contributed by atoms with Crippen molar-refractivity contribution in [2.75, 3.05) is 6.54 Å². The van der Waals surface area contributed by atoms with Crippen molar-refractivity contribution in [1.82, 2.24) is 9.62 Å². The average molecular weight is 314 g/mol. The maximum Gasteiger partial charge on any atom is 0.250 e. The molecular weight excluding hydrogens is 296 g/mol. The summed E-state index contributed by atoms with van der Waals surface area (Å²) in [6.07, 6.45) is 3.33. The Kier molecular flexibility index (Phi) is 3.60. The molecule has 0 aromatic carbocycles. The fourth-order valence-corrected chi connectivity index (χ4v) is 5.41. The van der Waals surface area contributed by atoms with Gasteiger partial charge in [0.1, 0.15) is 4.21 Å². The van der Waals surface area contributed by atoms with E-state index in [1.54, 1.807) is 24.4 Å². The third-order valence-corrected chi connectivity index (χ3v) is 7.09. The van der Waals surface area contributed by atoms with Crippen LogP contribution < -0.4 is 4.72 Å². The standard InChI is InChI=1S/C13H18N2O3S2/c1-9(14-20(17,18)12-3-2-6-19-12)13(16)15-8-10-4-5-11(15)7-10/h2-3,6,9-11,14H,4-5,7-8H2,1H3. The summed E-state index contributed by atoms with van der Waals surface area (Å²) in [5.41, 5.74) is 0. The lowest BCUT2D eigenvalue weighted by molar-refractivity contribution is -0.134. The van der Waals surface area contributed by atoms with Gasteiger partial charge in [0.25, 0.3) is 10.0 Å². The normalized spacial score (nSPS) is 26.9. The van der Waals surface area contributed by atoms with Crippen LogP contribution in [0.25, 0.3) is 0 Å². The number of hydrogen-bond acceptors (Lipinski definition) is 4. The molecule has 1 saturated heterocycles. The molecular formula is C13H18N2O3S2. The molecule has 1 aliphatic heterocycles. The van der Waals surface area contributed by atoms with Gasteiger partial charge in [0.2, 0.25) is 5.91 Å². The summed E-state index contributed by atoms with van der Waals surface area (Å²) in [7, 11) is -3.58. The van der Waals surface area contributed by atoms with Gasteiger partial charge in [-0.25, -0.2) is 8.42 Å². The Labute approximate surface area is 123 Å². The molecule has 3 atom stereocenters. The first-order valence-electron chi connectivity index (χ1n) is 6.83. The van der Waals surface area contributed by atoms with Crippen LogP contribution in [0.1, 0.15) is 26.2 Å². The number of rotatable bonds is 4. The highest BCUT2D eigenvalue weighted by atomic mass is 32.2. The second-order valence-electron chi connectivity index (χ2n) is 5.60. The lowest BCUT2D eigenvalue weighted by atomic mass is 10.1. The first-order chi connectivity index (χ1) is 9.47. The van der Waals surface area contributed by atoms with E-state index in [0.717, 1.165) is 30.7 Å². The highest BCUT2D eigenvalue weighted by Gasteiger charge is 2.41. The van der Waals surface area contributed by atoms with Gasteiger partial charge in [0.05, 0.1) is 6.04 Å². The van der Waals surface area contributed by atoms with Crippen molar-refractivity contribution in [2.45, 2.75) is 42.5 Å². The highest BCUT2D eigenvalue weighted by molar-refractivity contribution is 7.91. The zero-order valence-corrected chi connectivity index (χ0v) is 12.9. The van der Waals surface area contributed by atoms with Gasteiger partial charge < -0.3 is 4.90 Å². The first-order valence-corrected chi connectivity index (χ1v) is 9.20. The van der Waals surface area contributed by atoms with E-state index in [-0.39, 0.29) is 10.1 Å². The Bertz CT molecular complexity index is 597. The molecule has 2 fully saturated rings. The summed E-state index contributed by atoms with van der Waals surface area (Å²) in [5.74, 6) is 0.516. The van der Waals surface area contributed by atoms with Crippen LogP contribution in [0.5, 0.6) is 0 Å². The van der Waals surface area contributed by atoms with Gasteiger partial charge in [0.15, 0.2) is 0 Å². The minimum absolute atomic E-state index is 0.0997. The van der Waals surface area contributed by atoms with Gasteiger partial charge in [-0.05, 0) is 43.6 Å². The van der Waals surface area contributed by atoms with Gasteiger partial charge in [-0.2, -0.15) is 4.72 Å². The van der Waals surface area contributed by atoms with Crippen molar-refractivity contribution in [3.8, 4) is 0 Å².